The summed E-state index contributed by atoms with van der Waals surface area (Å²) >= 11 is 0. The number of rotatable bonds is 7. The number of benzene rings is 2. The summed E-state index contributed by atoms with van der Waals surface area (Å²) in [5.41, 5.74) is 2.91. The Morgan fingerprint density at radius 3 is 2.43 bits per heavy atom. The molecule has 160 valence electrons. The highest BCUT2D eigenvalue weighted by molar-refractivity contribution is 5.81. The van der Waals surface area contributed by atoms with E-state index in [1.807, 2.05) is 63.2 Å². The second kappa shape index (κ2) is 10.1. The largest absolute Gasteiger partial charge is 0.490 e. The fourth-order valence-electron chi connectivity index (χ4n) is 3.29. The Kier molecular flexibility index (Phi) is 7.33. The molecule has 0 bridgehead atoms. The molecule has 0 saturated carbocycles. The average Bonchev–Trinajstić information content (AvgIpc) is 2.97. The van der Waals surface area contributed by atoms with Crippen molar-refractivity contribution in [2.75, 3.05) is 19.8 Å². The van der Waals surface area contributed by atoms with E-state index in [4.69, 9.17) is 14.2 Å². The Morgan fingerprint density at radius 1 is 1.03 bits per heavy atom. The van der Waals surface area contributed by atoms with E-state index in [1.165, 1.54) is 0 Å². The molecule has 6 nitrogen and oxygen atoms in total. The lowest BCUT2D eigenvalue weighted by atomic mass is 9.95. The molecule has 2 aromatic carbocycles. The van der Waals surface area contributed by atoms with E-state index in [2.05, 4.69) is 5.32 Å². The summed E-state index contributed by atoms with van der Waals surface area (Å²) in [5.74, 6) is 0.787. The summed E-state index contributed by atoms with van der Waals surface area (Å²) in [7, 11) is 0. The lowest BCUT2D eigenvalue weighted by molar-refractivity contribution is -0.148. The molecule has 30 heavy (non-hydrogen) atoms. The van der Waals surface area contributed by atoms with Crippen LogP contribution in [0.25, 0.3) is 0 Å². The van der Waals surface area contributed by atoms with Crippen LogP contribution >= 0.6 is 0 Å². The van der Waals surface area contributed by atoms with Crippen molar-refractivity contribution < 1.29 is 23.8 Å². The number of carbonyl (C=O) groups is 2. The standard InChI is InChI=1S/C24H29NO5/c1-16(2)24(19-9-10-20-21(14-19)29-12-4-11-28-20)25-22(26)15-30-23(27)13-18-7-5-17(3)6-8-18/h5-10,14,16,24H,4,11-13,15H2,1-3H3,(H,25,26)/t24-/m1/s1. The van der Waals surface area contributed by atoms with Crippen LogP contribution in [0.2, 0.25) is 0 Å². The van der Waals surface area contributed by atoms with E-state index >= 15 is 0 Å². The average molecular weight is 411 g/mol. The predicted octanol–water partition coefficient (Wildman–Crippen LogP) is 3.76. The maximum Gasteiger partial charge on any atom is 0.310 e. The fraction of sp³-hybridized carbons (Fsp3) is 0.417. The van der Waals surface area contributed by atoms with E-state index in [1.54, 1.807) is 0 Å². The van der Waals surface area contributed by atoms with Gasteiger partial charge in [0.25, 0.3) is 5.91 Å². The van der Waals surface area contributed by atoms with Crippen LogP contribution in [-0.2, 0) is 20.7 Å². The lowest BCUT2D eigenvalue weighted by Gasteiger charge is -2.24. The molecule has 2 aromatic rings. The SMILES string of the molecule is Cc1ccc(CC(=O)OCC(=O)N[C@@H](c2ccc3c(c2)OCCCO3)C(C)C)cc1. The molecule has 1 aliphatic rings. The van der Waals surface area contributed by atoms with Crippen molar-refractivity contribution in [1.82, 2.24) is 5.32 Å². The number of fused-ring (bicyclic) bond motifs is 1. The van der Waals surface area contributed by atoms with Gasteiger partial charge < -0.3 is 19.5 Å². The van der Waals surface area contributed by atoms with Gasteiger partial charge in [-0.15, -0.1) is 0 Å². The second-order valence-corrected chi connectivity index (χ2v) is 7.87. The molecule has 1 aliphatic heterocycles. The second-order valence-electron chi connectivity index (χ2n) is 7.87. The van der Waals surface area contributed by atoms with Gasteiger partial charge in [0.1, 0.15) is 0 Å². The third-order valence-electron chi connectivity index (χ3n) is 4.95. The first-order valence-corrected chi connectivity index (χ1v) is 10.3. The number of amides is 1. The summed E-state index contributed by atoms with van der Waals surface area (Å²) in [4.78, 5) is 24.5. The number of esters is 1. The summed E-state index contributed by atoms with van der Waals surface area (Å²) in [6.07, 6.45) is 0.978. The zero-order chi connectivity index (χ0) is 21.5. The van der Waals surface area contributed by atoms with Crippen molar-refractivity contribution in [3.05, 3.63) is 59.2 Å². The first-order chi connectivity index (χ1) is 14.4. The Hall–Kier alpha value is -3.02. The maximum atomic E-state index is 12.4. The number of hydrogen-bond acceptors (Lipinski definition) is 5. The molecule has 0 saturated heterocycles. The molecule has 0 spiro atoms. The molecular weight excluding hydrogens is 382 g/mol. The third-order valence-corrected chi connectivity index (χ3v) is 4.95. The zero-order valence-electron chi connectivity index (χ0n) is 17.8. The van der Waals surface area contributed by atoms with Crippen LogP contribution in [-0.4, -0.2) is 31.7 Å². The lowest BCUT2D eigenvalue weighted by Crippen LogP contribution is -2.35. The summed E-state index contributed by atoms with van der Waals surface area (Å²) in [6, 6.07) is 13.1. The van der Waals surface area contributed by atoms with Gasteiger partial charge >= 0.3 is 5.97 Å². The van der Waals surface area contributed by atoms with Gasteiger partial charge in [0.05, 0.1) is 25.7 Å². The van der Waals surface area contributed by atoms with Crippen molar-refractivity contribution >= 4 is 11.9 Å². The molecule has 1 heterocycles. The Labute approximate surface area is 177 Å². The number of hydrogen-bond donors (Lipinski definition) is 1. The van der Waals surface area contributed by atoms with Gasteiger partial charge in [-0.2, -0.15) is 0 Å². The van der Waals surface area contributed by atoms with Crippen LogP contribution in [0.4, 0.5) is 0 Å². The minimum atomic E-state index is -0.425. The van der Waals surface area contributed by atoms with Crippen molar-refractivity contribution in [3.63, 3.8) is 0 Å². The van der Waals surface area contributed by atoms with Crippen LogP contribution in [0.3, 0.4) is 0 Å². The molecule has 0 aliphatic carbocycles. The van der Waals surface area contributed by atoms with Crippen molar-refractivity contribution in [1.29, 1.82) is 0 Å². The van der Waals surface area contributed by atoms with Gasteiger partial charge in [-0.25, -0.2) is 0 Å². The van der Waals surface area contributed by atoms with Gasteiger partial charge in [-0.3, -0.25) is 9.59 Å². The number of ether oxygens (including phenoxy) is 3. The molecule has 0 unspecified atom stereocenters. The topological polar surface area (TPSA) is 73.9 Å². The molecule has 1 N–H and O–H groups in total. The molecule has 6 heteroatoms. The molecule has 0 radical (unpaired) electrons. The Balaban J connectivity index is 1.57. The first kappa shape index (κ1) is 21.7. The van der Waals surface area contributed by atoms with Gasteiger partial charge in [0, 0.05) is 6.42 Å². The Morgan fingerprint density at radius 2 is 1.73 bits per heavy atom. The van der Waals surface area contributed by atoms with E-state index in [9.17, 15) is 9.59 Å². The summed E-state index contributed by atoms with van der Waals surface area (Å²) in [6.45, 7) is 6.96. The number of nitrogens with one attached hydrogen (secondary N) is 1. The molecule has 3 rings (SSSR count). The Bertz CT molecular complexity index is 876. The van der Waals surface area contributed by atoms with Crippen molar-refractivity contribution in [2.24, 2.45) is 5.92 Å². The fourth-order valence-corrected chi connectivity index (χ4v) is 3.29. The predicted molar refractivity (Wildman–Crippen MR) is 114 cm³/mol. The van der Waals surface area contributed by atoms with E-state index in [0.29, 0.717) is 19.0 Å². The normalized spacial score (nSPS) is 14.0. The minimum Gasteiger partial charge on any atom is -0.490 e. The van der Waals surface area contributed by atoms with Crippen LogP contribution in [0, 0.1) is 12.8 Å². The summed E-state index contributed by atoms with van der Waals surface area (Å²) in [5, 5.41) is 2.97. The monoisotopic (exact) mass is 411 g/mol. The molecule has 0 fully saturated rings. The summed E-state index contributed by atoms with van der Waals surface area (Å²) < 4.78 is 16.6. The van der Waals surface area contributed by atoms with Crippen LogP contribution in [0.5, 0.6) is 11.5 Å². The highest BCUT2D eigenvalue weighted by atomic mass is 16.5. The van der Waals surface area contributed by atoms with Crippen molar-refractivity contribution in [3.8, 4) is 11.5 Å². The van der Waals surface area contributed by atoms with Crippen molar-refractivity contribution in [2.45, 2.75) is 39.7 Å². The molecular formula is C24H29NO5. The van der Waals surface area contributed by atoms with E-state index in [-0.39, 0.29) is 30.9 Å². The third kappa shape index (κ3) is 5.99. The van der Waals surface area contributed by atoms with Gasteiger partial charge in [-0.05, 0) is 36.1 Å². The zero-order valence-corrected chi connectivity index (χ0v) is 17.8. The van der Waals surface area contributed by atoms with Gasteiger partial charge in [0.15, 0.2) is 18.1 Å². The first-order valence-electron chi connectivity index (χ1n) is 10.3. The number of aryl methyl sites for hydroxylation is 1. The highest BCUT2D eigenvalue weighted by Crippen LogP contribution is 2.34. The van der Waals surface area contributed by atoms with Crippen LogP contribution in [0.1, 0.15) is 43.0 Å². The smallest absolute Gasteiger partial charge is 0.310 e. The number of carbonyl (C=O) groups excluding carboxylic acids is 2. The van der Waals surface area contributed by atoms with E-state index in [0.717, 1.165) is 28.9 Å². The quantitative estimate of drug-likeness (QED) is 0.703. The maximum absolute atomic E-state index is 12.4. The van der Waals surface area contributed by atoms with E-state index < -0.39 is 5.97 Å². The van der Waals surface area contributed by atoms with Gasteiger partial charge in [-0.1, -0.05) is 49.7 Å². The van der Waals surface area contributed by atoms with Gasteiger partial charge in [0.2, 0.25) is 0 Å². The molecule has 1 amide bonds. The highest BCUT2D eigenvalue weighted by Gasteiger charge is 2.21. The van der Waals surface area contributed by atoms with Crippen LogP contribution in [0.15, 0.2) is 42.5 Å². The minimum absolute atomic E-state index is 0.141. The molecule has 0 aromatic heterocycles. The molecule has 1 atom stereocenters. The van der Waals surface area contributed by atoms with Crippen LogP contribution < -0.4 is 14.8 Å².